The minimum absolute atomic E-state index is 0.126. The number of benzene rings is 2. The molecule has 2 saturated heterocycles. The summed E-state index contributed by atoms with van der Waals surface area (Å²) in [6.45, 7) is 2.87. The molecule has 0 aliphatic carbocycles. The van der Waals surface area contributed by atoms with Crippen molar-refractivity contribution in [2.24, 2.45) is 0 Å². The van der Waals surface area contributed by atoms with Crippen molar-refractivity contribution in [3.05, 3.63) is 54.1 Å². The van der Waals surface area contributed by atoms with Gasteiger partial charge >= 0.3 is 0 Å². The van der Waals surface area contributed by atoms with Crippen LogP contribution in [0.2, 0.25) is 0 Å². The average molecular weight is 349 g/mol. The Labute approximate surface area is 153 Å². The average Bonchev–Trinajstić information content (AvgIpc) is 3.34. The minimum atomic E-state index is -0.155. The van der Waals surface area contributed by atoms with E-state index in [4.69, 9.17) is 0 Å². The van der Waals surface area contributed by atoms with Crippen LogP contribution >= 0.6 is 0 Å². The van der Waals surface area contributed by atoms with Crippen molar-refractivity contribution in [2.45, 2.75) is 25.7 Å². The molecule has 0 unspecified atom stereocenters. The third-order valence-electron chi connectivity index (χ3n) is 5.07. The minimum Gasteiger partial charge on any atom is -0.371 e. The van der Waals surface area contributed by atoms with E-state index in [-0.39, 0.29) is 11.8 Å². The Morgan fingerprint density at radius 3 is 2.42 bits per heavy atom. The lowest BCUT2D eigenvalue weighted by Crippen LogP contribution is -2.24. The van der Waals surface area contributed by atoms with Gasteiger partial charge in [0.25, 0.3) is 5.91 Å². The highest BCUT2D eigenvalue weighted by atomic mass is 16.2. The van der Waals surface area contributed by atoms with Gasteiger partial charge < -0.3 is 15.1 Å². The second-order valence-corrected chi connectivity index (χ2v) is 6.90. The van der Waals surface area contributed by atoms with Gasteiger partial charge in [-0.2, -0.15) is 0 Å². The Morgan fingerprint density at radius 2 is 1.65 bits per heavy atom. The van der Waals surface area contributed by atoms with Crippen molar-refractivity contribution >= 4 is 28.9 Å². The molecule has 5 heteroatoms. The van der Waals surface area contributed by atoms with Crippen LogP contribution in [0, 0.1) is 0 Å². The Kier molecular flexibility index (Phi) is 4.61. The molecule has 134 valence electrons. The lowest BCUT2D eigenvalue weighted by atomic mass is 10.1. The zero-order chi connectivity index (χ0) is 17.9. The molecule has 4 rings (SSSR count). The second-order valence-electron chi connectivity index (χ2n) is 6.90. The molecule has 0 radical (unpaired) electrons. The molecule has 2 aliphatic rings. The van der Waals surface area contributed by atoms with E-state index in [1.807, 2.05) is 30.3 Å². The van der Waals surface area contributed by atoms with Gasteiger partial charge in [-0.3, -0.25) is 9.59 Å². The van der Waals surface area contributed by atoms with E-state index < -0.39 is 0 Å². The fourth-order valence-electron chi connectivity index (χ4n) is 3.70. The number of hydrogen-bond acceptors (Lipinski definition) is 3. The number of carbonyl (C=O) groups excluding carboxylic acids is 2. The highest BCUT2D eigenvalue weighted by Crippen LogP contribution is 2.25. The molecule has 5 nitrogen and oxygen atoms in total. The Morgan fingerprint density at radius 1 is 0.885 bits per heavy atom. The summed E-state index contributed by atoms with van der Waals surface area (Å²) in [7, 11) is 0. The number of nitrogens with zero attached hydrogens (tertiary/aromatic N) is 2. The first-order chi connectivity index (χ1) is 12.7. The summed E-state index contributed by atoms with van der Waals surface area (Å²) in [5.74, 6) is -0.0297. The number of nitrogens with one attached hydrogen (secondary N) is 1. The summed E-state index contributed by atoms with van der Waals surface area (Å²) in [6.07, 6.45) is 3.90. The molecule has 1 N–H and O–H groups in total. The van der Waals surface area contributed by atoms with Crippen molar-refractivity contribution in [2.75, 3.05) is 34.8 Å². The van der Waals surface area contributed by atoms with Crippen molar-refractivity contribution in [3.8, 4) is 0 Å². The van der Waals surface area contributed by atoms with E-state index >= 15 is 0 Å². The maximum absolute atomic E-state index is 12.7. The lowest BCUT2D eigenvalue weighted by molar-refractivity contribution is -0.117. The second kappa shape index (κ2) is 7.20. The third-order valence-corrected chi connectivity index (χ3v) is 5.07. The van der Waals surface area contributed by atoms with E-state index in [0.717, 1.165) is 43.1 Å². The van der Waals surface area contributed by atoms with Gasteiger partial charge in [0, 0.05) is 48.7 Å². The predicted octanol–water partition coefficient (Wildman–Crippen LogP) is 3.67. The standard InChI is InChI=1S/C21H23N3O2/c25-20-10-5-13-24(20)19-9-3-6-16(14-19)21(26)22-17-7-4-8-18(15-17)23-11-1-2-12-23/h3-4,6-9,14-15H,1-2,5,10-13H2,(H,22,26). The van der Waals surface area contributed by atoms with Crippen LogP contribution in [0.25, 0.3) is 0 Å². The van der Waals surface area contributed by atoms with E-state index in [9.17, 15) is 9.59 Å². The quantitative estimate of drug-likeness (QED) is 0.916. The molecular formula is C21H23N3O2. The van der Waals surface area contributed by atoms with Gasteiger partial charge in [-0.05, 0) is 55.7 Å². The topological polar surface area (TPSA) is 52.7 Å². The molecule has 0 bridgehead atoms. The molecule has 2 aromatic carbocycles. The van der Waals surface area contributed by atoms with Crippen LogP contribution in [0.3, 0.4) is 0 Å². The molecule has 26 heavy (non-hydrogen) atoms. The number of carbonyl (C=O) groups is 2. The van der Waals surface area contributed by atoms with Gasteiger partial charge in [0.05, 0.1) is 0 Å². The lowest BCUT2D eigenvalue weighted by Gasteiger charge is -2.19. The van der Waals surface area contributed by atoms with Crippen molar-refractivity contribution in [3.63, 3.8) is 0 Å². The molecular weight excluding hydrogens is 326 g/mol. The highest BCUT2D eigenvalue weighted by Gasteiger charge is 2.22. The largest absolute Gasteiger partial charge is 0.371 e. The van der Waals surface area contributed by atoms with Crippen molar-refractivity contribution < 1.29 is 9.59 Å². The van der Waals surface area contributed by atoms with Crippen LogP contribution in [0.4, 0.5) is 17.1 Å². The summed E-state index contributed by atoms with van der Waals surface area (Å²) in [5.41, 5.74) is 3.30. The molecule has 2 aromatic rings. The van der Waals surface area contributed by atoms with Gasteiger partial charge in [0.2, 0.25) is 5.91 Å². The van der Waals surface area contributed by atoms with Gasteiger partial charge in [0.15, 0.2) is 0 Å². The summed E-state index contributed by atoms with van der Waals surface area (Å²) in [4.78, 5) is 28.7. The fourth-order valence-corrected chi connectivity index (χ4v) is 3.70. The van der Waals surface area contributed by atoms with Crippen LogP contribution in [0.15, 0.2) is 48.5 Å². The smallest absolute Gasteiger partial charge is 0.255 e. The molecule has 0 saturated carbocycles. The number of hydrogen-bond donors (Lipinski definition) is 1. The van der Waals surface area contributed by atoms with Crippen molar-refractivity contribution in [1.82, 2.24) is 0 Å². The first-order valence-electron chi connectivity index (χ1n) is 9.27. The predicted molar refractivity (Wildman–Crippen MR) is 104 cm³/mol. The summed E-state index contributed by atoms with van der Waals surface area (Å²) >= 11 is 0. The Hall–Kier alpha value is -2.82. The van der Waals surface area contributed by atoms with Crippen LogP contribution in [-0.2, 0) is 4.79 Å². The number of anilines is 3. The van der Waals surface area contributed by atoms with Crippen LogP contribution in [0.1, 0.15) is 36.0 Å². The molecule has 2 amide bonds. The van der Waals surface area contributed by atoms with Crippen molar-refractivity contribution in [1.29, 1.82) is 0 Å². The zero-order valence-corrected chi connectivity index (χ0v) is 14.8. The molecule has 0 spiro atoms. The SMILES string of the molecule is O=C(Nc1cccc(N2CCCC2)c1)c1cccc(N2CCCC2=O)c1. The highest BCUT2D eigenvalue weighted by molar-refractivity contribution is 6.06. The first-order valence-corrected chi connectivity index (χ1v) is 9.27. The van der Waals surface area contributed by atoms with Gasteiger partial charge in [-0.15, -0.1) is 0 Å². The zero-order valence-electron chi connectivity index (χ0n) is 14.8. The maximum Gasteiger partial charge on any atom is 0.255 e. The first kappa shape index (κ1) is 16.6. The summed E-state index contributed by atoms with van der Waals surface area (Å²) in [5, 5.41) is 2.98. The summed E-state index contributed by atoms with van der Waals surface area (Å²) < 4.78 is 0. The molecule has 2 heterocycles. The van der Waals surface area contributed by atoms with Gasteiger partial charge in [-0.1, -0.05) is 12.1 Å². The molecule has 2 fully saturated rings. The third kappa shape index (κ3) is 3.43. The van der Waals surface area contributed by atoms with E-state index in [0.29, 0.717) is 12.0 Å². The van der Waals surface area contributed by atoms with E-state index in [2.05, 4.69) is 16.3 Å². The van der Waals surface area contributed by atoms with E-state index in [1.165, 1.54) is 12.8 Å². The maximum atomic E-state index is 12.7. The van der Waals surface area contributed by atoms with Crippen LogP contribution in [0.5, 0.6) is 0 Å². The Bertz CT molecular complexity index is 828. The van der Waals surface area contributed by atoms with E-state index in [1.54, 1.807) is 17.0 Å². The van der Waals surface area contributed by atoms with Gasteiger partial charge in [-0.25, -0.2) is 0 Å². The normalized spacial score (nSPS) is 17.0. The summed E-state index contributed by atoms with van der Waals surface area (Å²) in [6, 6.07) is 15.3. The fraction of sp³-hybridized carbons (Fsp3) is 0.333. The monoisotopic (exact) mass is 349 g/mol. The molecule has 0 atom stereocenters. The molecule has 0 aromatic heterocycles. The number of amides is 2. The van der Waals surface area contributed by atoms with Crippen LogP contribution < -0.4 is 15.1 Å². The van der Waals surface area contributed by atoms with Crippen LogP contribution in [-0.4, -0.2) is 31.4 Å². The number of rotatable bonds is 4. The Balaban J connectivity index is 1.50. The molecule has 2 aliphatic heterocycles. The van der Waals surface area contributed by atoms with Gasteiger partial charge in [0.1, 0.15) is 0 Å².